The van der Waals surface area contributed by atoms with Gasteiger partial charge in [0.05, 0.1) is 11.3 Å². The summed E-state index contributed by atoms with van der Waals surface area (Å²) in [6.45, 7) is 0. The molecule has 0 atom stereocenters. The van der Waals surface area contributed by atoms with Gasteiger partial charge in [0.1, 0.15) is 17.5 Å². The van der Waals surface area contributed by atoms with Crippen LogP contribution in [-0.4, -0.2) is 10.1 Å². The zero-order valence-electron chi connectivity index (χ0n) is 10.5. The third-order valence-electron chi connectivity index (χ3n) is 2.83. The largest absolute Gasteiger partial charge is 0.396 e. The quantitative estimate of drug-likeness (QED) is 0.735. The Hall–Kier alpha value is -2.83. The van der Waals surface area contributed by atoms with E-state index in [1.165, 1.54) is 18.2 Å². The Morgan fingerprint density at radius 3 is 2.43 bits per heavy atom. The molecule has 0 aliphatic heterocycles. The predicted octanol–water partition coefficient (Wildman–Crippen LogP) is 3.40. The first-order chi connectivity index (χ1) is 10.0. The lowest BCUT2D eigenvalue weighted by Crippen LogP contribution is -1.94. The Labute approximate surface area is 117 Å². The van der Waals surface area contributed by atoms with Gasteiger partial charge in [-0.1, -0.05) is 11.2 Å². The molecule has 0 unspecified atom stereocenters. The molecule has 4 nitrogen and oxygen atoms in total. The summed E-state index contributed by atoms with van der Waals surface area (Å²) in [5.74, 6) is -2.20. The van der Waals surface area contributed by atoms with Crippen LogP contribution < -0.4 is 5.73 Å². The second-order valence-electron chi connectivity index (χ2n) is 4.28. The molecule has 7 heteroatoms. The van der Waals surface area contributed by atoms with Crippen LogP contribution in [0.25, 0.3) is 22.8 Å². The number of hydrogen-bond donors (Lipinski definition) is 1. The number of rotatable bonds is 2. The molecular weight excluding hydrogens is 283 g/mol. The van der Waals surface area contributed by atoms with Crippen LogP contribution in [0, 0.1) is 17.5 Å². The monoisotopic (exact) mass is 291 g/mol. The number of nitrogens with zero attached hydrogens (tertiary/aromatic N) is 2. The van der Waals surface area contributed by atoms with Gasteiger partial charge in [-0.3, -0.25) is 0 Å². The molecule has 0 aliphatic carbocycles. The number of nitrogens with two attached hydrogens (primary N) is 1. The summed E-state index contributed by atoms with van der Waals surface area (Å²) < 4.78 is 44.7. The standard InChI is InChI=1S/C14H8F3N3O/c15-8-4-7(5-9(16)6-8)13-19-14(21-20-13)10-2-1-3-11(17)12(10)18/h1-6H,18H2. The summed E-state index contributed by atoms with van der Waals surface area (Å²) in [4.78, 5) is 3.98. The highest BCUT2D eigenvalue weighted by atomic mass is 19.1. The molecule has 2 N–H and O–H groups in total. The van der Waals surface area contributed by atoms with Crippen molar-refractivity contribution in [2.75, 3.05) is 5.73 Å². The summed E-state index contributed by atoms with van der Waals surface area (Å²) >= 11 is 0. The number of anilines is 1. The highest BCUT2D eigenvalue weighted by Gasteiger charge is 2.16. The van der Waals surface area contributed by atoms with Crippen LogP contribution in [0.3, 0.4) is 0 Å². The molecule has 1 aromatic heterocycles. The molecule has 0 saturated heterocycles. The van der Waals surface area contributed by atoms with E-state index in [0.717, 1.165) is 18.2 Å². The Balaban J connectivity index is 2.06. The van der Waals surface area contributed by atoms with Crippen molar-refractivity contribution in [1.29, 1.82) is 0 Å². The van der Waals surface area contributed by atoms with Crippen LogP contribution in [0.2, 0.25) is 0 Å². The zero-order valence-corrected chi connectivity index (χ0v) is 10.5. The van der Waals surface area contributed by atoms with Crippen molar-refractivity contribution in [2.24, 2.45) is 0 Å². The first-order valence-corrected chi connectivity index (χ1v) is 5.89. The van der Waals surface area contributed by atoms with Crippen molar-refractivity contribution >= 4 is 5.69 Å². The van der Waals surface area contributed by atoms with Gasteiger partial charge in [-0.2, -0.15) is 4.98 Å². The van der Waals surface area contributed by atoms with Gasteiger partial charge < -0.3 is 10.3 Å². The minimum Gasteiger partial charge on any atom is -0.396 e. The van der Waals surface area contributed by atoms with Gasteiger partial charge in [0.2, 0.25) is 5.82 Å². The molecule has 106 valence electrons. The molecule has 0 amide bonds. The first kappa shape index (κ1) is 13.2. The van der Waals surface area contributed by atoms with E-state index in [-0.39, 0.29) is 28.5 Å². The minimum absolute atomic E-state index is 0.0212. The lowest BCUT2D eigenvalue weighted by atomic mass is 10.1. The van der Waals surface area contributed by atoms with Crippen molar-refractivity contribution < 1.29 is 17.7 Å². The number of para-hydroxylation sites is 1. The SMILES string of the molecule is Nc1c(F)cccc1-c1nc(-c2cc(F)cc(F)c2)no1. The fraction of sp³-hybridized carbons (Fsp3) is 0. The van der Waals surface area contributed by atoms with E-state index in [9.17, 15) is 13.2 Å². The second kappa shape index (κ2) is 4.93. The number of nitrogen functional groups attached to an aromatic ring is 1. The van der Waals surface area contributed by atoms with E-state index in [4.69, 9.17) is 10.3 Å². The molecular formula is C14H8F3N3O. The fourth-order valence-corrected chi connectivity index (χ4v) is 1.86. The highest BCUT2D eigenvalue weighted by molar-refractivity contribution is 5.71. The molecule has 0 spiro atoms. The second-order valence-corrected chi connectivity index (χ2v) is 4.28. The van der Waals surface area contributed by atoms with Gasteiger partial charge in [0, 0.05) is 11.6 Å². The van der Waals surface area contributed by atoms with Gasteiger partial charge >= 0.3 is 0 Å². The van der Waals surface area contributed by atoms with Crippen LogP contribution in [0.4, 0.5) is 18.9 Å². The summed E-state index contributed by atoms with van der Waals surface area (Å²) in [7, 11) is 0. The van der Waals surface area contributed by atoms with Gasteiger partial charge in [-0.15, -0.1) is 0 Å². The van der Waals surface area contributed by atoms with E-state index >= 15 is 0 Å². The number of halogens is 3. The maximum absolute atomic E-state index is 13.4. The lowest BCUT2D eigenvalue weighted by Gasteiger charge is -2.00. The Kier molecular flexibility index (Phi) is 3.09. The molecule has 0 saturated carbocycles. The molecule has 3 rings (SSSR count). The van der Waals surface area contributed by atoms with E-state index in [2.05, 4.69) is 10.1 Å². The average molecular weight is 291 g/mol. The normalized spacial score (nSPS) is 10.8. The maximum atomic E-state index is 13.4. The smallest absolute Gasteiger partial charge is 0.260 e. The van der Waals surface area contributed by atoms with Crippen molar-refractivity contribution in [3.8, 4) is 22.8 Å². The third kappa shape index (κ3) is 2.45. The van der Waals surface area contributed by atoms with E-state index in [0.29, 0.717) is 0 Å². The van der Waals surface area contributed by atoms with Crippen LogP contribution in [-0.2, 0) is 0 Å². The molecule has 0 radical (unpaired) electrons. The Morgan fingerprint density at radius 2 is 1.71 bits per heavy atom. The van der Waals surface area contributed by atoms with E-state index < -0.39 is 17.5 Å². The Bertz CT molecular complexity index is 797. The molecule has 0 aliphatic rings. The number of hydrogen-bond acceptors (Lipinski definition) is 4. The predicted molar refractivity (Wildman–Crippen MR) is 69.5 cm³/mol. The molecule has 2 aromatic carbocycles. The topological polar surface area (TPSA) is 64.9 Å². The molecule has 0 fully saturated rings. The number of benzene rings is 2. The van der Waals surface area contributed by atoms with Crippen LogP contribution in [0.1, 0.15) is 0 Å². The summed E-state index contributed by atoms with van der Waals surface area (Å²) in [6.07, 6.45) is 0. The maximum Gasteiger partial charge on any atom is 0.260 e. The summed E-state index contributed by atoms with van der Waals surface area (Å²) in [5, 5.41) is 3.62. The fourth-order valence-electron chi connectivity index (χ4n) is 1.86. The van der Waals surface area contributed by atoms with E-state index in [1.54, 1.807) is 0 Å². The van der Waals surface area contributed by atoms with Gasteiger partial charge in [-0.05, 0) is 24.3 Å². The first-order valence-electron chi connectivity index (χ1n) is 5.89. The third-order valence-corrected chi connectivity index (χ3v) is 2.83. The van der Waals surface area contributed by atoms with Crippen LogP contribution >= 0.6 is 0 Å². The molecule has 1 heterocycles. The average Bonchev–Trinajstić information content (AvgIpc) is 2.90. The lowest BCUT2D eigenvalue weighted by molar-refractivity contribution is 0.432. The Morgan fingerprint density at radius 1 is 1.00 bits per heavy atom. The van der Waals surface area contributed by atoms with Crippen molar-refractivity contribution in [3.05, 3.63) is 53.8 Å². The van der Waals surface area contributed by atoms with Gasteiger partial charge in [0.15, 0.2) is 0 Å². The van der Waals surface area contributed by atoms with Crippen molar-refractivity contribution in [1.82, 2.24) is 10.1 Å². The van der Waals surface area contributed by atoms with Crippen molar-refractivity contribution in [2.45, 2.75) is 0 Å². The zero-order chi connectivity index (χ0) is 15.0. The summed E-state index contributed by atoms with van der Waals surface area (Å²) in [6, 6.07) is 6.99. The van der Waals surface area contributed by atoms with Crippen LogP contribution in [0.5, 0.6) is 0 Å². The minimum atomic E-state index is -0.762. The molecule has 21 heavy (non-hydrogen) atoms. The highest BCUT2D eigenvalue weighted by Crippen LogP contribution is 2.28. The van der Waals surface area contributed by atoms with Crippen LogP contribution in [0.15, 0.2) is 40.9 Å². The number of aromatic nitrogens is 2. The molecule has 0 bridgehead atoms. The summed E-state index contributed by atoms with van der Waals surface area (Å²) in [5.41, 5.74) is 5.77. The molecule has 3 aromatic rings. The van der Waals surface area contributed by atoms with E-state index in [1.807, 2.05) is 0 Å². The van der Waals surface area contributed by atoms with Gasteiger partial charge in [-0.25, -0.2) is 13.2 Å². The van der Waals surface area contributed by atoms with Crippen molar-refractivity contribution in [3.63, 3.8) is 0 Å². The van der Waals surface area contributed by atoms with Gasteiger partial charge in [0.25, 0.3) is 5.89 Å².